The molecule has 2 heterocycles. The topological polar surface area (TPSA) is 101 Å². The highest BCUT2D eigenvalue weighted by Crippen LogP contribution is 2.25. The first-order valence-corrected chi connectivity index (χ1v) is 11.2. The van der Waals surface area contributed by atoms with Crippen LogP contribution in [0.3, 0.4) is 0 Å². The van der Waals surface area contributed by atoms with Crippen LogP contribution < -0.4 is 10.9 Å². The Labute approximate surface area is 178 Å². The molecule has 0 aliphatic carbocycles. The second-order valence-corrected chi connectivity index (χ2v) is 9.48. The third-order valence-electron chi connectivity index (χ3n) is 4.67. The number of carbonyl (C=O) groups is 1. The number of aryl methyl sites for hydroxylation is 1. The van der Waals surface area contributed by atoms with Crippen LogP contribution >= 0.6 is 23.2 Å². The van der Waals surface area contributed by atoms with Crippen LogP contribution in [0.25, 0.3) is 0 Å². The fourth-order valence-corrected chi connectivity index (χ4v) is 4.85. The van der Waals surface area contributed by atoms with Crippen molar-refractivity contribution in [3.63, 3.8) is 0 Å². The van der Waals surface area contributed by atoms with Crippen molar-refractivity contribution in [2.45, 2.75) is 37.6 Å². The lowest BCUT2D eigenvalue weighted by Gasteiger charge is -2.26. The summed E-state index contributed by atoms with van der Waals surface area (Å²) < 4.78 is 28.1. The first-order valence-electron chi connectivity index (χ1n) is 9.02. The zero-order chi connectivity index (χ0) is 21.2. The highest BCUT2D eigenvalue weighted by molar-refractivity contribution is 7.89. The van der Waals surface area contributed by atoms with Gasteiger partial charge in [0.1, 0.15) is 11.6 Å². The summed E-state index contributed by atoms with van der Waals surface area (Å²) in [6.07, 6.45) is 3.86. The van der Waals surface area contributed by atoms with Crippen molar-refractivity contribution in [2.24, 2.45) is 0 Å². The molecule has 8 nitrogen and oxygen atoms in total. The number of nitrogens with zero attached hydrogens (tertiary/aromatic N) is 3. The predicted molar refractivity (Wildman–Crippen MR) is 111 cm³/mol. The van der Waals surface area contributed by atoms with Gasteiger partial charge in [-0.25, -0.2) is 13.1 Å². The largest absolute Gasteiger partial charge is 0.324 e. The fourth-order valence-electron chi connectivity index (χ4n) is 3.03. The van der Waals surface area contributed by atoms with Gasteiger partial charge in [-0.05, 0) is 37.5 Å². The molecule has 1 aliphatic rings. The molecule has 0 spiro atoms. The molecule has 0 saturated carbocycles. The van der Waals surface area contributed by atoms with Gasteiger partial charge in [-0.15, -0.1) is 0 Å². The molecule has 1 aromatic heterocycles. The number of rotatable bonds is 5. The van der Waals surface area contributed by atoms with Crippen LogP contribution in [0.1, 0.15) is 24.8 Å². The zero-order valence-electron chi connectivity index (χ0n) is 15.7. The molecule has 3 rings (SSSR count). The molecule has 0 bridgehead atoms. The normalized spacial score (nSPS) is 15.3. The maximum Gasteiger partial charge on any atom is 0.287 e. The molecule has 1 aliphatic heterocycles. The Bertz CT molecular complexity index is 1100. The van der Waals surface area contributed by atoms with E-state index in [4.69, 9.17) is 23.2 Å². The summed E-state index contributed by atoms with van der Waals surface area (Å²) in [5, 5.41) is 6.20. The van der Waals surface area contributed by atoms with Gasteiger partial charge < -0.3 is 5.32 Å². The first kappa shape index (κ1) is 21.8. The monoisotopic (exact) mass is 458 g/mol. The first-order chi connectivity index (χ1) is 13.7. The molecule has 11 heteroatoms. The lowest BCUT2D eigenvalue weighted by atomic mass is 10.2. The van der Waals surface area contributed by atoms with Crippen molar-refractivity contribution in [3.8, 4) is 0 Å². The molecule has 29 heavy (non-hydrogen) atoms. The number of hydrogen-bond acceptors (Lipinski definition) is 5. The molecule has 1 aromatic carbocycles. The smallest absolute Gasteiger partial charge is 0.287 e. The Hall–Kier alpha value is -1.94. The SMILES string of the molecule is Cc1ccc(S(=O)(=O)N2CCCCC2)cc1NC(=O)Cn1ncc(Cl)c(Cl)c1=O. The van der Waals surface area contributed by atoms with Crippen molar-refractivity contribution < 1.29 is 13.2 Å². The minimum Gasteiger partial charge on any atom is -0.324 e. The summed E-state index contributed by atoms with van der Waals surface area (Å²) in [5.74, 6) is -0.548. The van der Waals surface area contributed by atoms with E-state index < -0.39 is 28.0 Å². The van der Waals surface area contributed by atoms with Gasteiger partial charge in [0.2, 0.25) is 15.9 Å². The number of halogens is 2. The summed E-state index contributed by atoms with van der Waals surface area (Å²) in [6.45, 7) is 2.34. The molecule has 2 aromatic rings. The lowest BCUT2D eigenvalue weighted by molar-refractivity contribution is -0.117. The van der Waals surface area contributed by atoms with Crippen molar-refractivity contribution in [3.05, 3.63) is 50.4 Å². The summed E-state index contributed by atoms with van der Waals surface area (Å²) in [4.78, 5) is 24.5. The van der Waals surface area contributed by atoms with Crippen LogP contribution in [0.2, 0.25) is 10.0 Å². The van der Waals surface area contributed by atoms with Gasteiger partial charge in [0.15, 0.2) is 0 Å². The van der Waals surface area contributed by atoms with E-state index in [1.807, 2.05) is 0 Å². The van der Waals surface area contributed by atoms with Crippen LogP contribution in [0.4, 0.5) is 5.69 Å². The Morgan fingerprint density at radius 2 is 1.90 bits per heavy atom. The van der Waals surface area contributed by atoms with Crippen LogP contribution in [0, 0.1) is 6.92 Å². The number of carbonyl (C=O) groups excluding carboxylic acids is 1. The van der Waals surface area contributed by atoms with E-state index in [1.165, 1.54) is 22.6 Å². The average molecular weight is 459 g/mol. The summed E-state index contributed by atoms with van der Waals surface area (Å²) in [7, 11) is -3.63. The third-order valence-corrected chi connectivity index (χ3v) is 7.31. The van der Waals surface area contributed by atoms with E-state index in [0.29, 0.717) is 24.3 Å². The molecule has 0 atom stereocenters. The van der Waals surface area contributed by atoms with Crippen LogP contribution in [-0.2, 0) is 21.4 Å². The molecular weight excluding hydrogens is 439 g/mol. The van der Waals surface area contributed by atoms with Crippen molar-refractivity contribution in [1.29, 1.82) is 0 Å². The van der Waals surface area contributed by atoms with Gasteiger partial charge in [0, 0.05) is 18.8 Å². The zero-order valence-corrected chi connectivity index (χ0v) is 18.0. The summed E-state index contributed by atoms with van der Waals surface area (Å²) >= 11 is 11.5. The van der Waals surface area contributed by atoms with E-state index in [2.05, 4.69) is 10.4 Å². The average Bonchev–Trinajstić information content (AvgIpc) is 2.70. The van der Waals surface area contributed by atoms with Gasteiger partial charge in [-0.2, -0.15) is 9.40 Å². The molecule has 1 amide bonds. The number of nitrogens with one attached hydrogen (secondary N) is 1. The van der Waals surface area contributed by atoms with Gasteiger partial charge in [-0.3, -0.25) is 9.59 Å². The number of benzene rings is 1. The number of sulfonamides is 1. The molecule has 1 fully saturated rings. The lowest BCUT2D eigenvalue weighted by Crippen LogP contribution is -2.35. The predicted octanol–water partition coefficient (Wildman–Crippen LogP) is 2.67. The Balaban J connectivity index is 1.81. The Morgan fingerprint density at radius 3 is 2.59 bits per heavy atom. The number of anilines is 1. The number of amides is 1. The number of hydrogen-bond donors (Lipinski definition) is 1. The minimum absolute atomic E-state index is 0.000195. The Kier molecular flexibility index (Phi) is 6.62. The molecule has 1 N–H and O–H groups in total. The van der Waals surface area contributed by atoms with E-state index in [0.717, 1.165) is 23.9 Å². The van der Waals surface area contributed by atoms with E-state index >= 15 is 0 Å². The van der Waals surface area contributed by atoms with Crippen molar-refractivity contribution in [2.75, 3.05) is 18.4 Å². The van der Waals surface area contributed by atoms with E-state index in [-0.39, 0.29) is 14.9 Å². The van der Waals surface area contributed by atoms with Crippen molar-refractivity contribution >= 4 is 44.8 Å². The van der Waals surface area contributed by atoms with Gasteiger partial charge in [-0.1, -0.05) is 35.7 Å². The van der Waals surface area contributed by atoms with Gasteiger partial charge in [0.25, 0.3) is 5.56 Å². The summed E-state index contributed by atoms with van der Waals surface area (Å²) in [5.41, 5.74) is 0.346. The van der Waals surface area contributed by atoms with Gasteiger partial charge in [0.05, 0.1) is 16.1 Å². The van der Waals surface area contributed by atoms with Crippen LogP contribution in [0.15, 0.2) is 34.1 Å². The summed E-state index contributed by atoms with van der Waals surface area (Å²) in [6, 6.07) is 4.60. The maximum absolute atomic E-state index is 12.9. The maximum atomic E-state index is 12.9. The molecule has 1 saturated heterocycles. The van der Waals surface area contributed by atoms with Crippen molar-refractivity contribution in [1.82, 2.24) is 14.1 Å². The van der Waals surface area contributed by atoms with Gasteiger partial charge >= 0.3 is 0 Å². The number of aromatic nitrogens is 2. The Morgan fingerprint density at radius 1 is 1.21 bits per heavy atom. The molecule has 156 valence electrons. The quantitative estimate of drug-likeness (QED) is 0.741. The minimum atomic E-state index is -3.63. The second kappa shape index (κ2) is 8.83. The van der Waals surface area contributed by atoms with Crippen LogP contribution in [-0.4, -0.2) is 41.5 Å². The molecule has 0 radical (unpaired) electrons. The highest BCUT2D eigenvalue weighted by Gasteiger charge is 2.26. The molecule has 0 unspecified atom stereocenters. The number of piperidine rings is 1. The highest BCUT2D eigenvalue weighted by atomic mass is 35.5. The standard InChI is InChI=1S/C18H20Cl2N4O4S/c1-12-5-6-13(29(27,28)23-7-3-2-4-8-23)9-15(12)22-16(25)11-24-18(26)17(20)14(19)10-21-24/h5-6,9-10H,2-4,7-8,11H2,1H3,(H,22,25). The molecular formula is C18H20Cl2N4O4S. The fraction of sp³-hybridized carbons (Fsp3) is 0.389. The van der Waals surface area contributed by atoms with E-state index in [9.17, 15) is 18.0 Å². The van der Waals surface area contributed by atoms with E-state index in [1.54, 1.807) is 13.0 Å². The van der Waals surface area contributed by atoms with Crippen LogP contribution in [0.5, 0.6) is 0 Å². The third kappa shape index (κ3) is 4.80. The second-order valence-electron chi connectivity index (χ2n) is 6.76.